The maximum atomic E-state index is 14.0. The summed E-state index contributed by atoms with van der Waals surface area (Å²) < 4.78 is 19.8. The number of nitrogens with zero attached hydrogens (tertiary/aromatic N) is 4. The quantitative estimate of drug-likeness (QED) is 0.212. The highest BCUT2D eigenvalue weighted by Gasteiger charge is 2.44. The second-order valence-electron chi connectivity index (χ2n) is 11.2. The first-order valence-corrected chi connectivity index (χ1v) is 14.1. The van der Waals surface area contributed by atoms with E-state index < -0.39 is 17.2 Å². The Labute approximate surface area is 256 Å². The van der Waals surface area contributed by atoms with E-state index in [1.807, 2.05) is 93.6 Å². The summed E-state index contributed by atoms with van der Waals surface area (Å²) in [5, 5.41) is 15.9. The number of hydrogen-bond acceptors (Lipinski definition) is 9. The molecule has 0 bridgehead atoms. The number of carboxylic acid groups (broad SMARTS) is 1. The first-order valence-electron chi connectivity index (χ1n) is 14.1. The molecule has 44 heavy (non-hydrogen) atoms. The zero-order valence-corrected chi connectivity index (χ0v) is 25.4. The number of nitrogens with two attached hydrogens (primary N) is 1. The summed E-state index contributed by atoms with van der Waals surface area (Å²) in [6, 6.07) is 25.1. The molecule has 10 nitrogen and oxygen atoms in total. The fourth-order valence-corrected chi connectivity index (χ4v) is 4.66. The topological polar surface area (TPSA) is 145 Å². The summed E-state index contributed by atoms with van der Waals surface area (Å²) in [6.45, 7) is 9.12. The first kappa shape index (κ1) is 31.9. The Bertz CT molecular complexity index is 1550. The van der Waals surface area contributed by atoms with E-state index in [2.05, 4.69) is 31.5 Å². The standard InChI is InChI=1S/C17H24FN5O.C16H13NO3/c1-10-6-11(2)8-13(7-10)24-9-12(3)20-16-22-14(17(4,5)18)21-15(19)23-16;18-15(19)14-11-16(20-17-14,12-7-3-1-4-8-12)13-9-5-2-6-10-13/h6-8,12H,9H2,1-5H3,(H3,19,20,21,22,23);1-10H,11H2,(H,18,19). The lowest BCUT2D eigenvalue weighted by molar-refractivity contribution is -0.129. The van der Waals surface area contributed by atoms with Crippen LogP contribution >= 0.6 is 0 Å². The highest BCUT2D eigenvalue weighted by molar-refractivity contribution is 6.36. The van der Waals surface area contributed by atoms with Crippen LogP contribution in [-0.2, 0) is 20.9 Å². The van der Waals surface area contributed by atoms with E-state index in [-0.39, 0.29) is 35.9 Å². The molecule has 1 atom stereocenters. The van der Waals surface area contributed by atoms with Gasteiger partial charge in [-0.1, -0.05) is 71.9 Å². The third-order valence-electron chi connectivity index (χ3n) is 6.71. The van der Waals surface area contributed by atoms with Gasteiger partial charge in [-0.25, -0.2) is 9.18 Å². The number of nitrogens with one attached hydrogen (secondary N) is 1. The third kappa shape index (κ3) is 8.06. The normalized spacial score (nSPS) is 14.4. The van der Waals surface area contributed by atoms with E-state index in [4.69, 9.17) is 20.4 Å². The Morgan fingerprint density at radius 1 is 1.02 bits per heavy atom. The van der Waals surface area contributed by atoms with Crippen molar-refractivity contribution in [1.82, 2.24) is 15.0 Å². The lowest BCUT2D eigenvalue weighted by Gasteiger charge is -2.27. The van der Waals surface area contributed by atoms with Crippen LogP contribution < -0.4 is 15.8 Å². The lowest BCUT2D eigenvalue weighted by atomic mass is 9.82. The van der Waals surface area contributed by atoms with Crippen LogP contribution in [0.3, 0.4) is 0 Å². The number of ether oxygens (including phenoxy) is 1. The van der Waals surface area contributed by atoms with Crippen molar-refractivity contribution in [3.05, 3.63) is 107 Å². The Morgan fingerprint density at radius 3 is 2.09 bits per heavy atom. The average Bonchev–Trinajstić information content (AvgIpc) is 3.44. The molecule has 4 N–H and O–H groups in total. The van der Waals surface area contributed by atoms with Gasteiger partial charge in [0, 0.05) is 11.1 Å². The van der Waals surface area contributed by atoms with Crippen molar-refractivity contribution < 1.29 is 23.9 Å². The molecule has 2 heterocycles. The third-order valence-corrected chi connectivity index (χ3v) is 6.71. The predicted molar refractivity (Wildman–Crippen MR) is 167 cm³/mol. The Morgan fingerprint density at radius 2 is 1.59 bits per heavy atom. The van der Waals surface area contributed by atoms with Gasteiger partial charge in [-0.05, 0) is 57.9 Å². The van der Waals surface area contributed by atoms with Crippen LogP contribution in [0.2, 0.25) is 0 Å². The van der Waals surface area contributed by atoms with Gasteiger partial charge in [-0.2, -0.15) is 15.0 Å². The Hall–Kier alpha value is -5.06. The summed E-state index contributed by atoms with van der Waals surface area (Å²) in [5.41, 5.74) is 7.21. The number of oxime groups is 1. The molecule has 230 valence electrons. The molecule has 0 radical (unpaired) electrons. The molecule has 11 heteroatoms. The smallest absolute Gasteiger partial charge is 0.353 e. The Balaban J connectivity index is 0.000000204. The van der Waals surface area contributed by atoms with E-state index >= 15 is 0 Å². The number of alkyl halides is 1. The van der Waals surface area contributed by atoms with E-state index in [0.29, 0.717) is 6.61 Å². The number of benzene rings is 3. The molecule has 4 aromatic rings. The molecule has 0 amide bonds. The van der Waals surface area contributed by atoms with Crippen molar-refractivity contribution in [2.75, 3.05) is 17.7 Å². The van der Waals surface area contributed by atoms with Gasteiger partial charge in [-0.3, -0.25) is 0 Å². The molecule has 1 aliphatic heterocycles. The number of aromatic nitrogens is 3. The van der Waals surface area contributed by atoms with Crippen LogP contribution in [0, 0.1) is 13.8 Å². The average molecular weight is 601 g/mol. The molecule has 1 unspecified atom stereocenters. The molecule has 0 saturated carbocycles. The van der Waals surface area contributed by atoms with Crippen LogP contribution in [0.4, 0.5) is 16.3 Å². The lowest BCUT2D eigenvalue weighted by Crippen LogP contribution is -2.29. The SMILES string of the molecule is Cc1cc(C)cc(OCC(C)Nc2nc(N)nc(C(C)(C)F)n2)c1.O=C(O)C1=NOC(c2ccccc2)(c2ccccc2)C1. The Kier molecular flexibility index (Phi) is 9.77. The van der Waals surface area contributed by atoms with Gasteiger partial charge >= 0.3 is 5.97 Å². The fourth-order valence-electron chi connectivity index (χ4n) is 4.66. The van der Waals surface area contributed by atoms with E-state index in [0.717, 1.165) is 28.0 Å². The second-order valence-corrected chi connectivity index (χ2v) is 11.2. The summed E-state index contributed by atoms with van der Waals surface area (Å²) in [5.74, 6) is -0.0176. The van der Waals surface area contributed by atoms with Crippen LogP contribution in [0.25, 0.3) is 0 Å². The van der Waals surface area contributed by atoms with Crippen LogP contribution in [0.1, 0.15) is 55.3 Å². The molecular weight excluding hydrogens is 563 g/mol. The van der Waals surface area contributed by atoms with Gasteiger partial charge in [-0.15, -0.1) is 0 Å². The van der Waals surface area contributed by atoms with Gasteiger partial charge < -0.3 is 25.7 Å². The number of rotatable bonds is 9. The molecular formula is C33H37FN6O4. The molecule has 1 aliphatic rings. The van der Waals surface area contributed by atoms with Crippen molar-refractivity contribution in [2.24, 2.45) is 5.16 Å². The maximum absolute atomic E-state index is 14.0. The summed E-state index contributed by atoms with van der Waals surface area (Å²) in [7, 11) is 0. The van der Waals surface area contributed by atoms with Gasteiger partial charge in [0.1, 0.15) is 12.4 Å². The number of aryl methyl sites for hydroxylation is 2. The van der Waals surface area contributed by atoms with Crippen LogP contribution in [-0.4, -0.2) is 44.4 Å². The van der Waals surface area contributed by atoms with Gasteiger partial charge in [0.25, 0.3) is 0 Å². The van der Waals surface area contributed by atoms with Crippen molar-refractivity contribution >= 4 is 23.6 Å². The molecule has 0 fully saturated rings. The number of nitrogen functional groups attached to an aromatic ring is 1. The number of anilines is 2. The predicted octanol–water partition coefficient (Wildman–Crippen LogP) is 5.95. The van der Waals surface area contributed by atoms with Crippen molar-refractivity contribution in [3.63, 3.8) is 0 Å². The van der Waals surface area contributed by atoms with E-state index in [1.165, 1.54) is 13.8 Å². The van der Waals surface area contributed by atoms with Crippen LogP contribution in [0.15, 0.2) is 84.0 Å². The number of aliphatic carboxylic acids is 1. The largest absolute Gasteiger partial charge is 0.491 e. The zero-order valence-electron chi connectivity index (χ0n) is 25.4. The van der Waals surface area contributed by atoms with E-state index in [9.17, 15) is 9.18 Å². The van der Waals surface area contributed by atoms with Gasteiger partial charge in [0.05, 0.1) is 12.5 Å². The highest BCUT2D eigenvalue weighted by atomic mass is 19.1. The molecule has 0 aliphatic carbocycles. The minimum Gasteiger partial charge on any atom is -0.491 e. The molecule has 5 rings (SSSR count). The minimum absolute atomic E-state index is 0.0000673. The summed E-state index contributed by atoms with van der Waals surface area (Å²) in [4.78, 5) is 28.6. The number of hydrogen-bond donors (Lipinski definition) is 3. The number of carboxylic acids is 1. The number of halogens is 1. The molecule has 0 spiro atoms. The van der Waals surface area contributed by atoms with Gasteiger partial charge in [0.2, 0.25) is 11.9 Å². The maximum Gasteiger partial charge on any atom is 0.353 e. The molecule has 0 saturated heterocycles. The summed E-state index contributed by atoms with van der Waals surface area (Å²) >= 11 is 0. The molecule has 1 aromatic heterocycles. The van der Waals surface area contributed by atoms with Gasteiger partial charge in [0.15, 0.2) is 22.8 Å². The van der Waals surface area contributed by atoms with Crippen molar-refractivity contribution in [1.29, 1.82) is 0 Å². The highest BCUT2D eigenvalue weighted by Crippen LogP contribution is 2.41. The zero-order chi connectivity index (χ0) is 31.9. The number of carbonyl (C=O) groups is 1. The monoisotopic (exact) mass is 600 g/mol. The van der Waals surface area contributed by atoms with E-state index in [1.54, 1.807) is 0 Å². The fraction of sp³-hybridized carbons (Fsp3) is 0.303. The van der Waals surface area contributed by atoms with Crippen molar-refractivity contribution in [3.8, 4) is 5.75 Å². The summed E-state index contributed by atoms with van der Waals surface area (Å²) in [6.07, 6.45) is 0.219. The van der Waals surface area contributed by atoms with Crippen molar-refractivity contribution in [2.45, 2.75) is 58.4 Å². The van der Waals surface area contributed by atoms with Crippen LogP contribution in [0.5, 0.6) is 5.75 Å². The minimum atomic E-state index is -1.69. The first-order chi connectivity index (χ1) is 20.9. The second kappa shape index (κ2) is 13.5. The molecule has 3 aromatic carbocycles.